The minimum atomic E-state index is 0.521. The Morgan fingerprint density at radius 1 is 1.80 bits per heavy atom. The second kappa shape index (κ2) is 5.70. The molecule has 0 saturated carbocycles. The number of allylic oxidation sites excluding steroid dienone is 1. The summed E-state index contributed by atoms with van der Waals surface area (Å²) in [6.07, 6.45) is 4.54. The maximum atomic E-state index is 5.22. The molecule has 10 heavy (non-hydrogen) atoms. The van der Waals surface area contributed by atoms with E-state index in [0.29, 0.717) is 3.92 Å². The predicted molar refractivity (Wildman–Crippen MR) is 54.5 cm³/mol. The van der Waals surface area contributed by atoms with E-state index in [-0.39, 0.29) is 0 Å². The van der Waals surface area contributed by atoms with E-state index in [4.69, 9.17) is 5.73 Å². The smallest absolute Gasteiger partial charge is 0.0523 e. The number of rotatable bonds is 3. The lowest BCUT2D eigenvalue weighted by molar-refractivity contribution is 1.05. The first-order chi connectivity index (χ1) is 4.70. The molecule has 2 N–H and O–H groups in total. The summed E-state index contributed by atoms with van der Waals surface area (Å²) in [5.41, 5.74) is 6.09. The number of aliphatic imine (C=N–C) groups is 1. The summed E-state index contributed by atoms with van der Waals surface area (Å²) in [6, 6.07) is 0. The lowest BCUT2D eigenvalue weighted by Crippen LogP contribution is -1.95. The molecule has 0 aliphatic carbocycles. The molecule has 1 unspecified atom stereocenters. The maximum absolute atomic E-state index is 5.22. The summed E-state index contributed by atoms with van der Waals surface area (Å²) < 4.78 is 0.521. The van der Waals surface area contributed by atoms with Crippen LogP contribution in [0.1, 0.15) is 20.3 Å². The van der Waals surface area contributed by atoms with E-state index in [9.17, 15) is 0 Å². The highest BCUT2D eigenvalue weighted by Crippen LogP contribution is 2.02. The van der Waals surface area contributed by atoms with Crippen molar-refractivity contribution in [1.82, 2.24) is 0 Å². The van der Waals surface area contributed by atoms with Crippen LogP contribution in [0.25, 0.3) is 0 Å². The number of nitrogens with zero attached hydrogens (tertiary/aromatic N) is 1. The van der Waals surface area contributed by atoms with Crippen molar-refractivity contribution in [3.8, 4) is 0 Å². The molecular formula is C7H13IN2. The molecular weight excluding hydrogens is 239 g/mol. The molecule has 2 nitrogen and oxygen atoms in total. The average molecular weight is 252 g/mol. The molecule has 0 aliphatic heterocycles. The molecule has 3 heteroatoms. The van der Waals surface area contributed by atoms with Crippen LogP contribution in [0, 0.1) is 0 Å². The molecule has 58 valence electrons. The Balaban J connectivity index is 3.75. The van der Waals surface area contributed by atoms with Crippen LogP contribution < -0.4 is 5.73 Å². The van der Waals surface area contributed by atoms with E-state index in [1.165, 1.54) is 6.20 Å². The molecule has 0 aromatic carbocycles. The van der Waals surface area contributed by atoms with Crippen LogP contribution in [-0.2, 0) is 0 Å². The van der Waals surface area contributed by atoms with Crippen molar-refractivity contribution in [1.29, 1.82) is 0 Å². The van der Waals surface area contributed by atoms with Gasteiger partial charge < -0.3 is 5.73 Å². The highest BCUT2D eigenvalue weighted by atomic mass is 127. The number of alkyl halides is 1. The number of nitrogens with two attached hydrogens (primary N) is 1. The fraction of sp³-hybridized carbons (Fsp3) is 0.571. The molecule has 0 aromatic heterocycles. The Morgan fingerprint density at radius 2 is 2.40 bits per heavy atom. The molecule has 0 bridgehead atoms. The van der Waals surface area contributed by atoms with Crippen LogP contribution >= 0.6 is 22.6 Å². The molecule has 1 atom stereocenters. The van der Waals surface area contributed by atoms with Gasteiger partial charge in [-0.15, -0.1) is 0 Å². The van der Waals surface area contributed by atoms with Gasteiger partial charge in [0.25, 0.3) is 0 Å². The number of hydrogen-bond acceptors (Lipinski definition) is 2. The van der Waals surface area contributed by atoms with Crippen molar-refractivity contribution in [2.45, 2.75) is 24.2 Å². The van der Waals surface area contributed by atoms with Crippen LogP contribution in [0.4, 0.5) is 0 Å². The van der Waals surface area contributed by atoms with Gasteiger partial charge in [0.15, 0.2) is 0 Å². The fourth-order valence-electron chi connectivity index (χ4n) is 0.347. The largest absolute Gasteiger partial charge is 0.403 e. The standard InChI is InChI=1S/C7H13IN2/c1-3-7(8)5-10-6(2)4-9/h4-5,7H,3,9H2,1-2H3/b6-4-,10-5?. The first-order valence-corrected chi connectivity index (χ1v) is 4.52. The van der Waals surface area contributed by atoms with Gasteiger partial charge in [-0.1, -0.05) is 29.5 Å². The topological polar surface area (TPSA) is 38.4 Å². The summed E-state index contributed by atoms with van der Waals surface area (Å²) in [5, 5.41) is 0. The summed E-state index contributed by atoms with van der Waals surface area (Å²) in [6.45, 7) is 4.01. The minimum absolute atomic E-state index is 0.521. The van der Waals surface area contributed by atoms with Crippen LogP contribution in [0.2, 0.25) is 0 Å². The van der Waals surface area contributed by atoms with Gasteiger partial charge in [-0.3, -0.25) is 4.99 Å². The van der Waals surface area contributed by atoms with E-state index in [2.05, 4.69) is 34.5 Å². The number of halogens is 1. The first-order valence-electron chi connectivity index (χ1n) is 3.27. The Labute approximate surface area is 75.7 Å². The summed E-state index contributed by atoms with van der Waals surface area (Å²) >= 11 is 2.34. The molecule has 0 radical (unpaired) electrons. The first kappa shape index (κ1) is 9.94. The van der Waals surface area contributed by atoms with E-state index >= 15 is 0 Å². The molecule has 0 rings (SSSR count). The Hall–Kier alpha value is -0.0600. The lowest BCUT2D eigenvalue weighted by Gasteiger charge is -1.95. The van der Waals surface area contributed by atoms with Gasteiger partial charge in [0, 0.05) is 16.3 Å². The molecule has 0 aromatic rings. The van der Waals surface area contributed by atoms with Crippen LogP contribution in [-0.4, -0.2) is 10.1 Å². The van der Waals surface area contributed by atoms with Crippen molar-refractivity contribution >= 4 is 28.8 Å². The monoisotopic (exact) mass is 252 g/mol. The van der Waals surface area contributed by atoms with E-state index in [0.717, 1.165) is 12.1 Å². The molecule has 0 saturated heterocycles. The SMILES string of the molecule is CCC(I)C=N/C(C)=C\N. The van der Waals surface area contributed by atoms with Crippen molar-refractivity contribution in [3.63, 3.8) is 0 Å². The van der Waals surface area contributed by atoms with Crippen LogP contribution in [0.3, 0.4) is 0 Å². The number of hydrogen-bond donors (Lipinski definition) is 1. The van der Waals surface area contributed by atoms with Crippen LogP contribution in [0.15, 0.2) is 16.9 Å². The summed E-state index contributed by atoms with van der Waals surface area (Å²) in [7, 11) is 0. The zero-order valence-corrected chi connectivity index (χ0v) is 8.50. The van der Waals surface area contributed by atoms with E-state index < -0.39 is 0 Å². The predicted octanol–water partition coefficient (Wildman–Crippen LogP) is 2.09. The normalized spacial score (nSPS) is 16.1. The van der Waals surface area contributed by atoms with E-state index in [1.54, 1.807) is 0 Å². The second-order valence-electron chi connectivity index (χ2n) is 2.01. The van der Waals surface area contributed by atoms with Crippen molar-refractivity contribution in [2.24, 2.45) is 10.7 Å². The molecule has 0 heterocycles. The third kappa shape index (κ3) is 4.78. The summed E-state index contributed by atoms with van der Waals surface area (Å²) in [5.74, 6) is 0. The van der Waals surface area contributed by atoms with Gasteiger partial charge in [-0.2, -0.15) is 0 Å². The zero-order chi connectivity index (χ0) is 7.98. The molecule has 0 aliphatic rings. The van der Waals surface area contributed by atoms with Crippen molar-refractivity contribution in [3.05, 3.63) is 11.9 Å². The molecule has 0 fully saturated rings. The third-order valence-corrected chi connectivity index (χ3v) is 2.27. The lowest BCUT2D eigenvalue weighted by atomic mass is 10.4. The van der Waals surface area contributed by atoms with Crippen LogP contribution in [0.5, 0.6) is 0 Å². The van der Waals surface area contributed by atoms with Gasteiger partial charge in [-0.25, -0.2) is 0 Å². The second-order valence-corrected chi connectivity index (χ2v) is 3.61. The minimum Gasteiger partial charge on any atom is -0.403 e. The van der Waals surface area contributed by atoms with Crippen molar-refractivity contribution in [2.75, 3.05) is 0 Å². The van der Waals surface area contributed by atoms with Gasteiger partial charge in [0.2, 0.25) is 0 Å². The zero-order valence-electron chi connectivity index (χ0n) is 6.34. The Bertz CT molecular complexity index is 141. The van der Waals surface area contributed by atoms with Gasteiger partial charge in [0.05, 0.1) is 5.70 Å². The quantitative estimate of drug-likeness (QED) is 0.466. The summed E-state index contributed by atoms with van der Waals surface area (Å²) in [4.78, 5) is 4.12. The van der Waals surface area contributed by atoms with Gasteiger partial charge in [0.1, 0.15) is 0 Å². The molecule has 0 spiro atoms. The highest BCUT2D eigenvalue weighted by molar-refractivity contribution is 14.1. The van der Waals surface area contributed by atoms with E-state index in [1.807, 2.05) is 13.1 Å². The Kier molecular flexibility index (Phi) is 5.67. The van der Waals surface area contributed by atoms with Crippen molar-refractivity contribution < 1.29 is 0 Å². The highest BCUT2D eigenvalue weighted by Gasteiger charge is 1.92. The Morgan fingerprint density at radius 3 is 2.80 bits per heavy atom. The average Bonchev–Trinajstić information content (AvgIpc) is 1.99. The fourth-order valence-corrected chi connectivity index (χ4v) is 0.508. The molecule has 0 amide bonds. The van der Waals surface area contributed by atoms with Gasteiger partial charge >= 0.3 is 0 Å². The maximum Gasteiger partial charge on any atom is 0.0523 e. The van der Waals surface area contributed by atoms with Gasteiger partial charge in [-0.05, 0) is 13.3 Å². The third-order valence-electron chi connectivity index (χ3n) is 1.07.